The van der Waals surface area contributed by atoms with Crippen LogP contribution in [0, 0.1) is 5.92 Å². The first kappa shape index (κ1) is 14.4. The number of halogens is 1. The van der Waals surface area contributed by atoms with E-state index in [4.69, 9.17) is 4.74 Å². The predicted molar refractivity (Wildman–Crippen MR) is 79.6 cm³/mol. The van der Waals surface area contributed by atoms with Crippen LogP contribution >= 0.6 is 15.9 Å². The summed E-state index contributed by atoms with van der Waals surface area (Å²) < 4.78 is 6.03. The standard InChI is InChI=1S/C15H20BrNO2/c1-10-4-5-11(2)17(9-10)15(18)13-8-12(19-3)6-7-14(13)16/h6-8,10-11H,4-5,9H2,1-3H3. The highest BCUT2D eigenvalue weighted by molar-refractivity contribution is 9.10. The van der Waals surface area contributed by atoms with Crippen LogP contribution < -0.4 is 4.74 Å². The van der Waals surface area contributed by atoms with Gasteiger partial charge in [0.25, 0.3) is 5.91 Å². The average molecular weight is 326 g/mol. The number of likely N-dealkylation sites (tertiary alicyclic amines) is 1. The largest absolute Gasteiger partial charge is 0.497 e. The summed E-state index contributed by atoms with van der Waals surface area (Å²) >= 11 is 3.46. The molecule has 0 aromatic heterocycles. The molecule has 0 saturated carbocycles. The summed E-state index contributed by atoms with van der Waals surface area (Å²) in [6.45, 7) is 5.16. The van der Waals surface area contributed by atoms with Crippen LogP contribution in [0.15, 0.2) is 22.7 Å². The Bertz CT molecular complexity index is 475. The molecule has 1 aromatic carbocycles. The van der Waals surface area contributed by atoms with E-state index in [2.05, 4.69) is 29.8 Å². The van der Waals surface area contributed by atoms with E-state index in [-0.39, 0.29) is 5.91 Å². The SMILES string of the molecule is COc1ccc(Br)c(C(=O)N2CC(C)CCC2C)c1. The molecule has 19 heavy (non-hydrogen) atoms. The van der Waals surface area contributed by atoms with Gasteiger partial charge in [-0.15, -0.1) is 0 Å². The second-order valence-corrected chi connectivity index (χ2v) is 6.19. The lowest BCUT2D eigenvalue weighted by Gasteiger charge is -2.37. The molecule has 4 heteroatoms. The summed E-state index contributed by atoms with van der Waals surface area (Å²) in [5, 5.41) is 0. The summed E-state index contributed by atoms with van der Waals surface area (Å²) in [5.74, 6) is 1.37. The van der Waals surface area contributed by atoms with E-state index in [1.165, 1.54) is 6.42 Å². The summed E-state index contributed by atoms with van der Waals surface area (Å²) in [5.41, 5.74) is 0.681. The van der Waals surface area contributed by atoms with Gasteiger partial charge in [-0.25, -0.2) is 0 Å². The van der Waals surface area contributed by atoms with Crippen molar-refractivity contribution >= 4 is 21.8 Å². The van der Waals surface area contributed by atoms with Gasteiger partial charge in [0.2, 0.25) is 0 Å². The molecular formula is C15H20BrNO2. The number of hydrogen-bond acceptors (Lipinski definition) is 2. The normalized spacial score (nSPS) is 23.3. The van der Waals surface area contributed by atoms with Gasteiger partial charge in [-0.05, 0) is 59.8 Å². The Labute approximate surface area is 123 Å². The van der Waals surface area contributed by atoms with Crippen molar-refractivity contribution in [1.29, 1.82) is 0 Å². The minimum atomic E-state index is 0.0878. The van der Waals surface area contributed by atoms with Crippen LogP contribution in [-0.2, 0) is 0 Å². The highest BCUT2D eigenvalue weighted by Crippen LogP contribution is 2.28. The van der Waals surface area contributed by atoms with Crippen molar-refractivity contribution in [2.75, 3.05) is 13.7 Å². The first-order chi connectivity index (χ1) is 9.02. The van der Waals surface area contributed by atoms with Crippen LogP contribution in [0.1, 0.15) is 37.0 Å². The van der Waals surface area contributed by atoms with Gasteiger partial charge in [0.05, 0.1) is 12.7 Å². The zero-order chi connectivity index (χ0) is 14.0. The molecule has 3 nitrogen and oxygen atoms in total. The Morgan fingerprint density at radius 2 is 2.11 bits per heavy atom. The lowest BCUT2D eigenvalue weighted by molar-refractivity contribution is 0.0573. The Hall–Kier alpha value is -1.03. The molecule has 0 aliphatic carbocycles. The summed E-state index contributed by atoms with van der Waals surface area (Å²) in [6, 6.07) is 5.83. The fourth-order valence-corrected chi connectivity index (χ4v) is 2.94. The zero-order valence-electron chi connectivity index (χ0n) is 11.6. The number of hydrogen-bond donors (Lipinski definition) is 0. The van der Waals surface area contributed by atoms with Gasteiger partial charge < -0.3 is 9.64 Å². The topological polar surface area (TPSA) is 29.5 Å². The summed E-state index contributed by atoms with van der Waals surface area (Å²) in [4.78, 5) is 14.7. The number of ether oxygens (including phenoxy) is 1. The molecule has 1 aromatic rings. The minimum absolute atomic E-state index is 0.0878. The molecule has 0 bridgehead atoms. The molecule has 0 spiro atoms. The number of rotatable bonds is 2. The van der Waals surface area contributed by atoms with Crippen LogP contribution in [0.2, 0.25) is 0 Å². The Morgan fingerprint density at radius 3 is 2.79 bits per heavy atom. The van der Waals surface area contributed by atoms with Crippen molar-refractivity contribution in [3.05, 3.63) is 28.2 Å². The van der Waals surface area contributed by atoms with E-state index in [1.54, 1.807) is 13.2 Å². The molecule has 1 fully saturated rings. The average Bonchev–Trinajstić information content (AvgIpc) is 2.41. The Balaban J connectivity index is 2.27. The van der Waals surface area contributed by atoms with Crippen LogP contribution in [-0.4, -0.2) is 30.5 Å². The van der Waals surface area contributed by atoms with E-state index in [9.17, 15) is 4.79 Å². The minimum Gasteiger partial charge on any atom is -0.497 e. The fraction of sp³-hybridized carbons (Fsp3) is 0.533. The molecule has 1 aliphatic heterocycles. The summed E-state index contributed by atoms with van der Waals surface area (Å²) in [6.07, 6.45) is 2.28. The van der Waals surface area contributed by atoms with Crippen LogP contribution in [0.3, 0.4) is 0 Å². The van der Waals surface area contributed by atoms with Crippen molar-refractivity contribution in [3.8, 4) is 5.75 Å². The van der Waals surface area contributed by atoms with Crippen molar-refractivity contribution in [2.45, 2.75) is 32.7 Å². The van der Waals surface area contributed by atoms with Gasteiger partial charge >= 0.3 is 0 Å². The predicted octanol–water partition coefficient (Wildman–Crippen LogP) is 3.72. The third-order valence-electron chi connectivity index (χ3n) is 3.78. The van der Waals surface area contributed by atoms with E-state index >= 15 is 0 Å². The van der Waals surface area contributed by atoms with Crippen molar-refractivity contribution in [3.63, 3.8) is 0 Å². The van der Waals surface area contributed by atoms with E-state index in [0.29, 0.717) is 23.3 Å². The summed E-state index contributed by atoms with van der Waals surface area (Å²) in [7, 11) is 1.61. The van der Waals surface area contributed by atoms with Gasteiger partial charge in [0.15, 0.2) is 0 Å². The lowest BCUT2D eigenvalue weighted by atomic mass is 9.94. The molecule has 1 saturated heterocycles. The van der Waals surface area contributed by atoms with Crippen molar-refractivity contribution in [1.82, 2.24) is 4.90 Å². The number of amides is 1. The van der Waals surface area contributed by atoms with Crippen LogP contribution in [0.5, 0.6) is 5.75 Å². The van der Waals surface area contributed by atoms with Crippen LogP contribution in [0.4, 0.5) is 0 Å². The Kier molecular flexibility index (Phi) is 4.50. The number of carbonyl (C=O) groups is 1. The first-order valence-corrected chi connectivity index (χ1v) is 7.46. The van der Waals surface area contributed by atoms with Gasteiger partial charge in [0, 0.05) is 17.1 Å². The molecule has 0 radical (unpaired) electrons. The molecule has 0 N–H and O–H groups in total. The molecule has 1 heterocycles. The van der Waals surface area contributed by atoms with E-state index in [1.807, 2.05) is 17.0 Å². The van der Waals surface area contributed by atoms with Crippen LogP contribution in [0.25, 0.3) is 0 Å². The maximum absolute atomic E-state index is 12.7. The second-order valence-electron chi connectivity index (χ2n) is 5.33. The third kappa shape index (κ3) is 3.11. The maximum atomic E-state index is 12.7. The molecule has 1 aliphatic rings. The van der Waals surface area contributed by atoms with Crippen molar-refractivity contribution in [2.24, 2.45) is 5.92 Å². The second kappa shape index (κ2) is 5.95. The highest BCUT2D eigenvalue weighted by atomic mass is 79.9. The van der Waals surface area contributed by atoms with Gasteiger partial charge in [-0.2, -0.15) is 0 Å². The number of benzene rings is 1. The number of methoxy groups -OCH3 is 1. The quantitative estimate of drug-likeness (QED) is 0.829. The molecular weight excluding hydrogens is 306 g/mol. The monoisotopic (exact) mass is 325 g/mol. The number of carbonyl (C=O) groups excluding carboxylic acids is 1. The molecule has 2 atom stereocenters. The van der Waals surface area contributed by atoms with Gasteiger partial charge in [-0.3, -0.25) is 4.79 Å². The molecule has 1 amide bonds. The maximum Gasteiger partial charge on any atom is 0.255 e. The lowest BCUT2D eigenvalue weighted by Crippen LogP contribution is -2.45. The zero-order valence-corrected chi connectivity index (χ0v) is 13.2. The van der Waals surface area contributed by atoms with Gasteiger partial charge in [-0.1, -0.05) is 6.92 Å². The van der Waals surface area contributed by atoms with E-state index < -0.39 is 0 Å². The fourth-order valence-electron chi connectivity index (χ4n) is 2.52. The molecule has 104 valence electrons. The first-order valence-electron chi connectivity index (χ1n) is 6.67. The molecule has 2 unspecified atom stereocenters. The van der Waals surface area contributed by atoms with Gasteiger partial charge in [0.1, 0.15) is 5.75 Å². The highest BCUT2D eigenvalue weighted by Gasteiger charge is 2.28. The van der Waals surface area contributed by atoms with Crippen molar-refractivity contribution < 1.29 is 9.53 Å². The third-order valence-corrected chi connectivity index (χ3v) is 4.47. The smallest absolute Gasteiger partial charge is 0.255 e. The Morgan fingerprint density at radius 1 is 1.37 bits per heavy atom. The number of piperidine rings is 1. The molecule has 2 rings (SSSR count). The van der Waals surface area contributed by atoms with E-state index in [0.717, 1.165) is 17.4 Å². The number of nitrogens with zero attached hydrogens (tertiary/aromatic N) is 1.